The topological polar surface area (TPSA) is 82.0 Å². The Morgan fingerprint density at radius 2 is 2.08 bits per heavy atom. The molecule has 7 heteroatoms. The summed E-state index contributed by atoms with van der Waals surface area (Å²) in [6, 6.07) is 8.76. The molecule has 0 fully saturated rings. The summed E-state index contributed by atoms with van der Waals surface area (Å²) in [5, 5.41) is 5.71. The van der Waals surface area contributed by atoms with Gasteiger partial charge in [-0.25, -0.2) is 4.79 Å². The van der Waals surface area contributed by atoms with Gasteiger partial charge in [0.25, 0.3) is 0 Å². The van der Waals surface area contributed by atoms with E-state index in [0.717, 1.165) is 11.3 Å². The molecule has 2 aromatic rings. The van der Waals surface area contributed by atoms with Crippen molar-refractivity contribution in [3.63, 3.8) is 0 Å². The quantitative estimate of drug-likeness (QED) is 0.634. The molecule has 26 heavy (non-hydrogen) atoms. The van der Waals surface area contributed by atoms with Gasteiger partial charge in [0.2, 0.25) is 0 Å². The molecule has 1 aromatic heterocycles. The van der Waals surface area contributed by atoms with Crippen LogP contribution in [0.4, 0.5) is 4.79 Å². The average molecular weight is 362 g/mol. The number of urea groups is 1. The molecule has 2 rings (SSSR count). The van der Waals surface area contributed by atoms with Gasteiger partial charge in [-0.3, -0.25) is 0 Å². The normalized spacial score (nSPS) is 11.7. The van der Waals surface area contributed by atoms with E-state index in [-0.39, 0.29) is 12.1 Å². The monoisotopic (exact) mass is 362 g/mol. The van der Waals surface area contributed by atoms with Gasteiger partial charge in [-0.1, -0.05) is 0 Å². The smallest absolute Gasteiger partial charge is 0.315 e. The van der Waals surface area contributed by atoms with Crippen LogP contribution in [0, 0.1) is 0 Å². The predicted molar refractivity (Wildman–Crippen MR) is 97.5 cm³/mol. The lowest BCUT2D eigenvalue weighted by molar-refractivity contribution is 0.104. The third-order valence-electron chi connectivity index (χ3n) is 3.83. The van der Waals surface area contributed by atoms with Gasteiger partial charge in [-0.15, -0.1) is 0 Å². The Morgan fingerprint density at radius 1 is 1.23 bits per heavy atom. The Balaban J connectivity index is 1.68. The first-order chi connectivity index (χ1) is 12.6. The second kappa shape index (κ2) is 10.4. The third kappa shape index (κ3) is 6.00. The predicted octanol–water partition coefficient (Wildman–Crippen LogP) is 3.26. The number of carbonyl (C=O) groups excluding carboxylic acids is 1. The third-order valence-corrected chi connectivity index (χ3v) is 3.83. The number of furan rings is 1. The number of nitrogens with one attached hydrogen (secondary N) is 2. The molecule has 1 heterocycles. The van der Waals surface area contributed by atoms with Crippen LogP contribution in [0.25, 0.3) is 0 Å². The Morgan fingerprint density at radius 3 is 2.77 bits per heavy atom. The first kappa shape index (κ1) is 19.7. The summed E-state index contributed by atoms with van der Waals surface area (Å²) in [4.78, 5) is 12.0. The molecule has 0 aliphatic carbocycles. The molecule has 0 bridgehead atoms. The Hall–Kier alpha value is -2.67. The van der Waals surface area contributed by atoms with Crippen molar-refractivity contribution in [2.45, 2.75) is 26.0 Å². The fourth-order valence-electron chi connectivity index (χ4n) is 2.45. The summed E-state index contributed by atoms with van der Waals surface area (Å²) in [5.74, 6) is 2.17. The summed E-state index contributed by atoms with van der Waals surface area (Å²) in [5.41, 5.74) is 0.880. The fourth-order valence-corrected chi connectivity index (χ4v) is 2.45. The van der Waals surface area contributed by atoms with Gasteiger partial charge in [-0.2, -0.15) is 0 Å². The molecule has 1 atom stereocenters. The number of methoxy groups -OCH3 is 2. The number of carbonyl (C=O) groups is 1. The summed E-state index contributed by atoms with van der Waals surface area (Å²) in [6.07, 6.45) is 2.33. The van der Waals surface area contributed by atoms with E-state index in [1.807, 2.05) is 31.2 Å². The molecule has 142 valence electrons. The van der Waals surface area contributed by atoms with Gasteiger partial charge in [0.15, 0.2) is 0 Å². The van der Waals surface area contributed by atoms with Crippen LogP contribution < -0.4 is 20.1 Å². The number of ether oxygens (including phenoxy) is 3. The van der Waals surface area contributed by atoms with Crippen LogP contribution in [-0.4, -0.2) is 33.4 Å². The minimum atomic E-state index is -0.235. The Labute approximate surface area is 153 Å². The van der Waals surface area contributed by atoms with Gasteiger partial charge in [0.05, 0.1) is 26.5 Å². The standard InChI is InChI=1S/C19H26N2O5/c1-14(17-8-7-15(23-2)12-18(17)24-3)21-19(22)20-9-5-10-25-13-16-6-4-11-26-16/h4,6-8,11-12,14H,5,9-10,13H2,1-3H3,(H2,20,21,22). The summed E-state index contributed by atoms with van der Waals surface area (Å²) < 4.78 is 21.2. The first-order valence-electron chi connectivity index (χ1n) is 8.50. The van der Waals surface area contributed by atoms with Crippen LogP contribution in [0.3, 0.4) is 0 Å². The maximum atomic E-state index is 12.0. The molecule has 0 aliphatic heterocycles. The molecule has 1 aromatic carbocycles. The van der Waals surface area contributed by atoms with Crippen LogP contribution in [0.15, 0.2) is 41.0 Å². The molecule has 2 amide bonds. The highest BCUT2D eigenvalue weighted by Gasteiger charge is 2.14. The zero-order chi connectivity index (χ0) is 18.8. The van der Waals surface area contributed by atoms with E-state index in [0.29, 0.717) is 37.7 Å². The van der Waals surface area contributed by atoms with Crippen LogP contribution >= 0.6 is 0 Å². The lowest BCUT2D eigenvalue weighted by atomic mass is 10.1. The van der Waals surface area contributed by atoms with Gasteiger partial charge in [-0.05, 0) is 37.6 Å². The molecule has 1 unspecified atom stereocenters. The molecule has 2 N–H and O–H groups in total. The van der Waals surface area contributed by atoms with Gasteiger partial charge < -0.3 is 29.3 Å². The maximum absolute atomic E-state index is 12.0. The molecule has 7 nitrogen and oxygen atoms in total. The Kier molecular flexibility index (Phi) is 7.82. The lowest BCUT2D eigenvalue weighted by Crippen LogP contribution is -2.37. The van der Waals surface area contributed by atoms with E-state index >= 15 is 0 Å². The number of rotatable bonds is 10. The van der Waals surface area contributed by atoms with Crippen molar-refractivity contribution < 1.29 is 23.4 Å². The average Bonchev–Trinajstić information content (AvgIpc) is 3.17. The van der Waals surface area contributed by atoms with E-state index in [1.54, 1.807) is 26.5 Å². The van der Waals surface area contributed by atoms with Gasteiger partial charge >= 0.3 is 6.03 Å². The molecule has 0 spiro atoms. The second-order valence-corrected chi connectivity index (χ2v) is 5.72. The highest BCUT2D eigenvalue weighted by molar-refractivity contribution is 5.74. The van der Waals surface area contributed by atoms with E-state index < -0.39 is 0 Å². The van der Waals surface area contributed by atoms with Crippen molar-refractivity contribution in [1.82, 2.24) is 10.6 Å². The zero-order valence-electron chi connectivity index (χ0n) is 15.4. The first-order valence-corrected chi connectivity index (χ1v) is 8.50. The summed E-state index contributed by atoms with van der Waals surface area (Å²) in [7, 11) is 3.19. The van der Waals surface area contributed by atoms with E-state index in [1.165, 1.54) is 0 Å². The van der Waals surface area contributed by atoms with Gasteiger partial charge in [0, 0.05) is 24.8 Å². The highest BCUT2D eigenvalue weighted by atomic mass is 16.5. The lowest BCUT2D eigenvalue weighted by Gasteiger charge is -2.18. The van der Waals surface area contributed by atoms with Crippen molar-refractivity contribution in [3.05, 3.63) is 47.9 Å². The SMILES string of the molecule is COc1ccc(C(C)NC(=O)NCCCOCc2ccco2)c(OC)c1. The van der Waals surface area contributed by atoms with E-state index in [2.05, 4.69) is 10.6 Å². The van der Waals surface area contributed by atoms with Crippen LogP contribution in [0.2, 0.25) is 0 Å². The zero-order valence-corrected chi connectivity index (χ0v) is 15.4. The minimum Gasteiger partial charge on any atom is -0.497 e. The number of benzene rings is 1. The Bertz CT molecular complexity index is 673. The molecule has 0 saturated heterocycles. The summed E-state index contributed by atoms with van der Waals surface area (Å²) >= 11 is 0. The van der Waals surface area contributed by atoms with Crippen LogP contribution in [-0.2, 0) is 11.3 Å². The number of amides is 2. The highest BCUT2D eigenvalue weighted by Crippen LogP contribution is 2.29. The second-order valence-electron chi connectivity index (χ2n) is 5.72. The van der Waals surface area contributed by atoms with Crippen molar-refractivity contribution in [2.24, 2.45) is 0 Å². The van der Waals surface area contributed by atoms with Crippen LogP contribution in [0.1, 0.15) is 30.7 Å². The largest absolute Gasteiger partial charge is 0.497 e. The maximum Gasteiger partial charge on any atom is 0.315 e. The van der Waals surface area contributed by atoms with Crippen molar-refractivity contribution in [3.8, 4) is 11.5 Å². The number of hydrogen-bond acceptors (Lipinski definition) is 5. The minimum absolute atomic E-state index is 0.203. The molecular formula is C19H26N2O5. The molecular weight excluding hydrogens is 336 g/mol. The van der Waals surface area contributed by atoms with Crippen molar-refractivity contribution in [1.29, 1.82) is 0 Å². The number of hydrogen-bond donors (Lipinski definition) is 2. The molecule has 0 saturated carbocycles. The van der Waals surface area contributed by atoms with Crippen LogP contribution in [0.5, 0.6) is 11.5 Å². The summed E-state index contributed by atoms with van der Waals surface area (Å²) in [6.45, 7) is 3.41. The van der Waals surface area contributed by atoms with Crippen molar-refractivity contribution >= 4 is 6.03 Å². The molecule has 0 radical (unpaired) electrons. The van der Waals surface area contributed by atoms with E-state index in [9.17, 15) is 4.79 Å². The fraction of sp³-hybridized carbons (Fsp3) is 0.421. The van der Waals surface area contributed by atoms with Crippen molar-refractivity contribution in [2.75, 3.05) is 27.4 Å². The van der Waals surface area contributed by atoms with E-state index in [4.69, 9.17) is 18.6 Å². The molecule has 0 aliphatic rings. The van der Waals surface area contributed by atoms with Gasteiger partial charge in [0.1, 0.15) is 23.9 Å².